The molecule has 144 valence electrons. The Hall–Kier alpha value is -2.13. The molecule has 7 nitrogen and oxygen atoms in total. The zero-order valence-electron chi connectivity index (χ0n) is 14.8. The zero-order valence-corrected chi connectivity index (χ0v) is 16.3. The third-order valence-electron chi connectivity index (χ3n) is 4.20. The molecule has 1 amide bonds. The fraction of sp³-hybridized carbons (Fsp3) is 0.278. The van der Waals surface area contributed by atoms with Crippen molar-refractivity contribution in [3.05, 3.63) is 59.1 Å². The van der Waals surface area contributed by atoms with Crippen LogP contribution in [0.3, 0.4) is 0 Å². The summed E-state index contributed by atoms with van der Waals surface area (Å²) in [6.07, 6.45) is 0. The number of nitrogens with zero attached hydrogens (tertiary/aromatic N) is 2. The Balaban J connectivity index is 1.62. The smallest absolute Gasteiger partial charge is 0.282 e. The van der Waals surface area contributed by atoms with Gasteiger partial charge < -0.3 is 10.1 Å². The first-order chi connectivity index (χ1) is 12.9. The Morgan fingerprint density at radius 1 is 1.15 bits per heavy atom. The van der Waals surface area contributed by atoms with Crippen LogP contribution in [0.2, 0.25) is 5.02 Å². The van der Waals surface area contributed by atoms with E-state index in [0.29, 0.717) is 23.0 Å². The van der Waals surface area contributed by atoms with Gasteiger partial charge in [0, 0.05) is 36.4 Å². The number of ether oxygens (including phenoxy) is 1. The van der Waals surface area contributed by atoms with Crippen molar-refractivity contribution in [1.29, 1.82) is 0 Å². The second kappa shape index (κ2) is 8.26. The summed E-state index contributed by atoms with van der Waals surface area (Å²) in [7, 11) is -2.15. The second-order valence-corrected chi connectivity index (χ2v) is 8.45. The molecule has 3 rings (SSSR count). The fourth-order valence-electron chi connectivity index (χ4n) is 2.79. The molecule has 0 saturated carbocycles. The highest BCUT2D eigenvalue weighted by molar-refractivity contribution is 7.87. The van der Waals surface area contributed by atoms with Gasteiger partial charge in [-0.25, -0.2) is 0 Å². The van der Waals surface area contributed by atoms with Crippen molar-refractivity contribution in [3.63, 3.8) is 0 Å². The van der Waals surface area contributed by atoms with Crippen molar-refractivity contribution in [1.82, 2.24) is 8.61 Å². The lowest BCUT2D eigenvalue weighted by atomic mass is 10.2. The lowest BCUT2D eigenvalue weighted by Crippen LogP contribution is -2.37. The number of carbonyl (C=O) groups excluding carboxylic acids is 1. The summed E-state index contributed by atoms with van der Waals surface area (Å²) in [6, 6.07) is 13.9. The SMILES string of the molecule is COc1cccc(NC(=O)CN2CCN(Cc3ccc(Cl)cc3)S2(=O)=O)c1. The van der Waals surface area contributed by atoms with Crippen molar-refractivity contribution >= 4 is 33.4 Å². The Bertz CT molecular complexity index is 918. The lowest BCUT2D eigenvalue weighted by Gasteiger charge is -2.18. The van der Waals surface area contributed by atoms with Crippen LogP contribution >= 0.6 is 11.6 Å². The average molecular weight is 410 g/mol. The molecule has 0 aromatic heterocycles. The molecule has 9 heteroatoms. The molecule has 1 saturated heterocycles. The van der Waals surface area contributed by atoms with Crippen LogP contribution in [0.5, 0.6) is 5.75 Å². The number of benzene rings is 2. The Kier molecular flexibility index (Phi) is 6.01. The van der Waals surface area contributed by atoms with Crippen molar-refractivity contribution in [2.24, 2.45) is 0 Å². The van der Waals surface area contributed by atoms with Gasteiger partial charge in [0.25, 0.3) is 10.2 Å². The molecule has 0 bridgehead atoms. The average Bonchev–Trinajstić information content (AvgIpc) is 2.91. The topological polar surface area (TPSA) is 79.0 Å². The predicted octanol–water partition coefficient (Wildman–Crippen LogP) is 2.35. The van der Waals surface area contributed by atoms with Gasteiger partial charge in [0.15, 0.2) is 0 Å². The summed E-state index contributed by atoms with van der Waals surface area (Å²) in [6.45, 7) is 0.600. The maximum Gasteiger partial charge on any atom is 0.282 e. The van der Waals surface area contributed by atoms with E-state index >= 15 is 0 Å². The normalized spacial score (nSPS) is 17.0. The number of nitrogens with one attached hydrogen (secondary N) is 1. The molecule has 1 fully saturated rings. The van der Waals surface area contributed by atoms with Crippen LogP contribution in [0, 0.1) is 0 Å². The minimum atomic E-state index is -3.69. The fourth-order valence-corrected chi connectivity index (χ4v) is 4.46. The Morgan fingerprint density at radius 2 is 1.85 bits per heavy atom. The second-order valence-electron chi connectivity index (χ2n) is 6.08. The Morgan fingerprint density at radius 3 is 2.56 bits per heavy atom. The van der Waals surface area contributed by atoms with E-state index in [4.69, 9.17) is 16.3 Å². The Labute approximate surface area is 163 Å². The molecule has 2 aromatic rings. The van der Waals surface area contributed by atoms with Crippen LogP contribution in [0.1, 0.15) is 5.56 Å². The monoisotopic (exact) mass is 409 g/mol. The van der Waals surface area contributed by atoms with Gasteiger partial charge in [-0.2, -0.15) is 17.0 Å². The van der Waals surface area contributed by atoms with Crippen LogP contribution in [0.25, 0.3) is 0 Å². The largest absolute Gasteiger partial charge is 0.497 e. The van der Waals surface area contributed by atoms with E-state index in [-0.39, 0.29) is 19.6 Å². The summed E-state index contributed by atoms with van der Waals surface area (Å²) in [5.41, 5.74) is 1.39. The van der Waals surface area contributed by atoms with Crippen LogP contribution in [0.15, 0.2) is 48.5 Å². The molecule has 0 unspecified atom stereocenters. The standard InChI is InChI=1S/C18H20ClN3O4S/c1-26-17-4-2-3-16(11-17)20-18(23)13-22-10-9-21(27(22,24)25)12-14-5-7-15(19)8-6-14/h2-8,11H,9-10,12-13H2,1H3,(H,20,23). The van der Waals surface area contributed by atoms with Crippen LogP contribution < -0.4 is 10.1 Å². The van der Waals surface area contributed by atoms with Gasteiger partial charge in [0.2, 0.25) is 5.91 Å². The summed E-state index contributed by atoms with van der Waals surface area (Å²) in [5.74, 6) is 0.205. The van der Waals surface area contributed by atoms with Gasteiger partial charge in [0.05, 0.1) is 13.7 Å². The molecule has 0 atom stereocenters. The maximum atomic E-state index is 12.7. The minimum Gasteiger partial charge on any atom is -0.497 e. The predicted molar refractivity (Wildman–Crippen MR) is 104 cm³/mol. The number of anilines is 1. The molecule has 1 heterocycles. The molecule has 1 aliphatic heterocycles. The quantitative estimate of drug-likeness (QED) is 0.794. The molecule has 0 aliphatic carbocycles. The first kappa shape index (κ1) is 19.6. The lowest BCUT2D eigenvalue weighted by molar-refractivity contribution is -0.116. The highest BCUT2D eigenvalue weighted by atomic mass is 35.5. The molecule has 1 N–H and O–H groups in total. The van der Waals surface area contributed by atoms with Crippen LogP contribution in [0.4, 0.5) is 5.69 Å². The maximum absolute atomic E-state index is 12.7. The van der Waals surface area contributed by atoms with Crippen molar-refractivity contribution in [2.45, 2.75) is 6.54 Å². The molecule has 2 aromatic carbocycles. The number of halogens is 1. The molecular formula is C18H20ClN3O4S. The van der Waals surface area contributed by atoms with Crippen molar-refractivity contribution in [3.8, 4) is 5.75 Å². The molecule has 1 aliphatic rings. The van der Waals surface area contributed by atoms with E-state index in [1.807, 2.05) is 0 Å². The van der Waals surface area contributed by atoms with Crippen molar-refractivity contribution < 1.29 is 17.9 Å². The first-order valence-electron chi connectivity index (χ1n) is 8.32. The molecule has 0 radical (unpaired) electrons. The van der Waals surface area contributed by atoms with E-state index in [9.17, 15) is 13.2 Å². The number of hydrogen-bond donors (Lipinski definition) is 1. The number of amides is 1. The minimum absolute atomic E-state index is 0.239. The van der Waals surface area contributed by atoms with Crippen molar-refractivity contribution in [2.75, 3.05) is 32.1 Å². The number of rotatable bonds is 6. The first-order valence-corrected chi connectivity index (χ1v) is 10.1. The van der Waals surface area contributed by atoms with Crippen LogP contribution in [-0.2, 0) is 21.5 Å². The zero-order chi connectivity index (χ0) is 19.4. The molecule has 27 heavy (non-hydrogen) atoms. The van der Waals surface area contributed by atoms with Gasteiger partial charge >= 0.3 is 0 Å². The third-order valence-corrected chi connectivity index (χ3v) is 6.38. The van der Waals surface area contributed by atoms with E-state index in [2.05, 4.69) is 5.32 Å². The summed E-state index contributed by atoms with van der Waals surface area (Å²) in [4.78, 5) is 12.3. The molecule has 0 spiro atoms. The van der Waals surface area contributed by atoms with Crippen LogP contribution in [-0.4, -0.2) is 49.7 Å². The summed E-state index contributed by atoms with van der Waals surface area (Å²) >= 11 is 5.86. The van der Waals surface area contributed by atoms with E-state index in [1.165, 1.54) is 15.7 Å². The number of carbonyl (C=O) groups is 1. The highest BCUT2D eigenvalue weighted by Gasteiger charge is 2.37. The molecular weight excluding hydrogens is 390 g/mol. The van der Waals surface area contributed by atoms with Gasteiger partial charge in [-0.3, -0.25) is 4.79 Å². The van der Waals surface area contributed by atoms with E-state index in [1.54, 1.807) is 48.5 Å². The third kappa shape index (κ3) is 4.78. The summed E-state index contributed by atoms with van der Waals surface area (Å²) in [5, 5.41) is 3.29. The number of methoxy groups -OCH3 is 1. The number of hydrogen-bond acceptors (Lipinski definition) is 4. The van der Waals surface area contributed by atoms with E-state index in [0.717, 1.165) is 5.56 Å². The van der Waals surface area contributed by atoms with E-state index < -0.39 is 16.1 Å². The highest BCUT2D eigenvalue weighted by Crippen LogP contribution is 2.21. The van der Waals surface area contributed by atoms with Gasteiger partial charge in [-0.1, -0.05) is 29.8 Å². The van der Waals surface area contributed by atoms with Gasteiger partial charge in [-0.15, -0.1) is 0 Å². The van der Waals surface area contributed by atoms with Gasteiger partial charge in [0.1, 0.15) is 5.75 Å². The van der Waals surface area contributed by atoms with Gasteiger partial charge in [-0.05, 0) is 29.8 Å². The summed E-state index contributed by atoms with van der Waals surface area (Å²) < 4.78 is 33.0.